The highest BCUT2D eigenvalue weighted by Crippen LogP contribution is 2.36. The van der Waals surface area contributed by atoms with E-state index in [-0.39, 0.29) is 11.8 Å². The topological polar surface area (TPSA) is 26.3 Å². The lowest BCUT2D eigenvalue weighted by molar-refractivity contribution is -0.131. The summed E-state index contributed by atoms with van der Waals surface area (Å²) in [6, 6.07) is 0. The van der Waals surface area contributed by atoms with Gasteiger partial charge in [-0.2, -0.15) is 0 Å². The zero-order valence-electron chi connectivity index (χ0n) is 10.5. The number of carbonyl (C=O) groups excluding carboxylic acids is 1. The second-order valence-corrected chi connectivity index (χ2v) is 5.21. The van der Waals surface area contributed by atoms with Crippen LogP contribution in [0.4, 0.5) is 0 Å². The van der Waals surface area contributed by atoms with Crippen molar-refractivity contribution in [2.45, 2.75) is 40.0 Å². The summed E-state index contributed by atoms with van der Waals surface area (Å²) in [4.78, 5) is 12.1. The number of rotatable bonds is 4. The third-order valence-electron chi connectivity index (χ3n) is 3.63. The van der Waals surface area contributed by atoms with E-state index in [0.717, 1.165) is 13.0 Å². The van der Waals surface area contributed by atoms with Gasteiger partial charge in [0.25, 0.3) is 0 Å². The smallest absolute Gasteiger partial charge is 0.139 e. The Bertz CT molecular complexity index is 209. The molecular formula is C13H24O2. The second-order valence-electron chi connectivity index (χ2n) is 5.21. The first kappa shape index (κ1) is 12.7. The second kappa shape index (κ2) is 5.64. The molecule has 3 atom stereocenters. The summed E-state index contributed by atoms with van der Waals surface area (Å²) in [5, 5.41) is 0. The molecule has 0 aromatic rings. The molecule has 15 heavy (non-hydrogen) atoms. The van der Waals surface area contributed by atoms with Gasteiger partial charge in [-0.15, -0.1) is 0 Å². The highest BCUT2D eigenvalue weighted by Gasteiger charge is 2.36. The number of ether oxygens (including phenoxy) is 1. The first-order chi connectivity index (χ1) is 7.07. The normalized spacial score (nSPS) is 31.9. The number of hydrogen-bond acceptors (Lipinski definition) is 2. The van der Waals surface area contributed by atoms with Gasteiger partial charge in [0.05, 0.1) is 0 Å². The molecule has 0 N–H and O–H groups in total. The largest absolute Gasteiger partial charge is 0.384 e. The van der Waals surface area contributed by atoms with Gasteiger partial charge in [-0.3, -0.25) is 4.79 Å². The molecular weight excluding hydrogens is 188 g/mol. The van der Waals surface area contributed by atoms with E-state index in [1.54, 1.807) is 7.11 Å². The molecule has 88 valence electrons. The van der Waals surface area contributed by atoms with Crippen LogP contribution in [0.2, 0.25) is 0 Å². The molecule has 1 aliphatic rings. The predicted molar refractivity (Wildman–Crippen MR) is 61.7 cm³/mol. The number of methoxy groups -OCH3 is 1. The first-order valence-corrected chi connectivity index (χ1v) is 6.10. The van der Waals surface area contributed by atoms with Gasteiger partial charge in [0, 0.05) is 25.6 Å². The van der Waals surface area contributed by atoms with E-state index in [0.29, 0.717) is 17.6 Å². The minimum atomic E-state index is 0.162. The Labute approximate surface area is 93.4 Å². The van der Waals surface area contributed by atoms with Crippen LogP contribution in [-0.2, 0) is 9.53 Å². The Morgan fingerprint density at radius 3 is 2.60 bits per heavy atom. The molecule has 0 bridgehead atoms. The lowest BCUT2D eigenvalue weighted by atomic mass is 9.69. The van der Waals surface area contributed by atoms with Crippen LogP contribution in [0.1, 0.15) is 40.0 Å². The molecule has 0 spiro atoms. The standard InChI is InChI=1S/C13H24O2/c1-9(2)13(14)12-10(3)6-5-7-11(12)8-15-4/h9-12H,5-8H2,1-4H3. The van der Waals surface area contributed by atoms with Crippen LogP contribution in [0.3, 0.4) is 0 Å². The van der Waals surface area contributed by atoms with Crippen LogP contribution in [-0.4, -0.2) is 19.5 Å². The summed E-state index contributed by atoms with van der Waals surface area (Å²) in [6.45, 7) is 6.97. The highest BCUT2D eigenvalue weighted by atomic mass is 16.5. The van der Waals surface area contributed by atoms with Crippen molar-refractivity contribution in [3.63, 3.8) is 0 Å². The maximum atomic E-state index is 12.1. The van der Waals surface area contributed by atoms with E-state index >= 15 is 0 Å². The molecule has 0 amide bonds. The van der Waals surface area contributed by atoms with E-state index in [1.807, 2.05) is 13.8 Å². The van der Waals surface area contributed by atoms with Crippen LogP contribution < -0.4 is 0 Å². The Hall–Kier alpha value is -0.370. The number of ketones is 1. The Morgan fingerprint density at radius 2 is 2.07 bits per heavy atom. The predicted octanol–water partition coefficient (Wildman–Crippen LogP) is 2.91. The lowest BCUT2D eigenvalue weighted by Gasteiger charge is -2.36. The Kier molecular flexibility index (Phi) is 4.78. The molecule has 1 fully saturated rings. The van der Waals surface area contributed by atoms with Crippen LogP contribution in [0, 0.1) is 23.7 Å². The van der Waals surface area contributed by atoms with E-state index in [4.69, 9.17) is 4.74 Å². The molecule has 0 aromatic carbocycles. The number of carbonyl (C=O) groups is 1. The van der Waals surface area contributed by atoms with Gasteiger partial charge in [-0.05, 0) is 24.7 Å². The van der Waals surface area contributed by atoms with Gasteiger partial charge >= 0.3 is 0 Å². The molecule has 1 rings (SSSR count). The summed E-state index contributed by atoms with van der Waals surface area (Å²) in [5.74, 6) is 1.82. The lowest BCUT2D eigenvalue weighted by Crippen LogP contribution is -2.37. The SMILES string of the molecule is COCC1CCCC(C)C1C(=O)C(C)C. The van der Waals surface area contributed by atoms with Crippen molar-refractivity contribution < 1.29 is 9.53 Å². The minimum absolute atomic E-state index is 0.162. The third kappa shape index (κ3) is 3.04. The fourth-order valence-corrected chi connectivity index (χ4v) is 2.82. The highest BCUT2D eigenvalue weighted by molar-refractivity contribution is 5.83. The molecule has 2 heteroatoms. The van der Waals surface area contributed by atoms with Crippen LogP contribution >= 0.6 is 0 Å². The molecule has 1 aliphatic carbocycles. The summed E-state index contributed by atoms with van der Waals surface area (Å²) in [6.07, 6.45) is 3.60. The van der Waals surface area contributed by atoms with E-state index in [9.17, 15) is 4.79 Å². The molecule has 3 unspecified atom stereocenters. The van der Waals surface area contributed by atoms with Crippen molar-refractivity contribution in [3.8, 4) is 0 Å². The molecule has 0 aliphatic heterocycles. The molecule has 0 aromatic heterocycles. The van der Waals surface area contributed by atoms with Crippen LogP contribution in [0.25, 0.3) is 0 Å². The summed E-state index contributed by atoms with van der Waals surface area (Å²) in [5.41, 5.74) is 0. The quantitative estimate of drug-likeness (QED) is 0.716. The zero-order chi connectivity index (χ0) is 11.4. The van der Waals surface area contributed by atoms with Gasteiger partial charge in [0.15, 0.2) is 0 Å². The minimum Gasteiger partial charge on any atom is -0.384 e. The van der Waals surface area contributed by atoms with Gasteiger partial charge in [0.2, 0.25) is 0 Å². The summed E-state index contributed by atoms with van der Waals surface area (Å²) in [7, 11) is 1.73. The molecule has 0 heterocycles. The fraction of sp³-hybridized carbons (Fsp3) is 0.923. The van der Waals surface area contributed by atoms with Crippen LogP contribution in [0.5, 0.6) is 0 Å². The molecule has 0 saturated heterocycles. The summed E-state index contributed by atoms with van der Waals surface area (Å²) >= 11 is 0. The van der Waals surface area contributed by atoms with E-state index in [2.05, 4.69) is 6.92 Å². The maximum absolute atomic E-state index is 12.1. The van der Waals surface area contributed by atoms with Crippen molar-refractivity contribution in [1.82, 2.24) is 0 Å². The molecule has 2 nitrogen and oxygen atoms in total. The van der Waals surface area contributed by atoms with Crippen LogP contribution in [0.15, 0.2) is 0 Å². The fourth-order valence-electron chi connectivity index (χ4n) is 2.82. The van der Waals surface area contributed by atoms with Crippen molar-refractivity contribution in [2.24, 2.45) is 23.7 Å². The first-order valence-electron chi connectivity index (χ1n) is 6.10. The van der Waals surface area contributed by atoms with Gasteiger partial charge in [-0.1, -0.05) is 27.2 Å². The monoisotopic (exact) mass is 212 g/mol. The Balaban J connectivity index is 2.72. The van der Waals surface area contributed by atoms with Crippen molar-refractivity contribution in [1.29, 1.82) is 0 Å². The van der Waals surface area contributed by atoms with Gasteiger partial charge in [0.1, 0.15) is 5.78 Å². The zero-order valence-corrected chi connectivity index (χ0v) is 10.5. The van der Waals surface area contributed by atoms with Crippen molar-refractivity contribution in [2.75, 3.05) is 13.7 Å². The average molecular weight is 212 g/mol. The summed E-state index contributed by atoms with van der Waals surface area (Å²) < 4.78 is 5.24. The maximum Gasteiger partial charge on any atom is 0.139 e. The molecule has 1 saturated carbocycles. The van der Waals surface area contributed by atoms with Crippen molar-refractivity contribution in [3.05, 3.63) is 0 Å². The van der Waals surface area contributed by atoms with E-state index in [1.165, 1.54) is 12.8 Å². The van der Waals surface area contributed by atoms with E-state index < -0.39 is 0 Å². The third-order valence-corrected chi connectivity index (χ3v) is 3.63. The molecule has 0 radical (unpaired) electrons. The average Bonchev–Trinajstić information content (AvgIpc) is 2.17. The number of Topliss-reactive ketones (excluding diaryl/α,β-unsaturated/α-hetero) is 1. The Morgan fingerprint density at radius 1 is 1.40 bits per heavy atom. The number of hydrogen-bond donors (Lipinski definition) is 0. The van der Waals surface area contributed by atoms with Gasteiger partial charge < -0.3 is 4.74 Å². The van der Waals surface area contributed by atoms with Crippen molar-refractivity contribution >= 4 is 5.78 Å². The van der Waals surface area contributed by atoms with Gasteiger partial charge in [-0.25, -0.2) is 0 Å².